The van der Waals surface area contributed by atoms with Crippen LogP contribution in [0.3, 0.4) is 0 Å². The maximum atomic E-state index is 14.8. The average molecular weight is 467 g/mol. The molecule has 0 unspecified atom stereocenters. The minimum absolute atomic E-state index is 0.0847. The van der Waals surface area contributed by atoms with Crippen LogP contribution in [0, 0.1) is 17.0 Å². The number of rotatable bonds is 10. The molecule has 4 nitrogen and oxygen atoms in total. The maximum Gasteiger partial charge on any atom is 0.303 e. The third kappa shape index (κ3) is 5.56. The molecule has 0 aliphatic heterocycles. The van der Waals surface area contributed by atoms with Crippen LogP contribution in [0.15, 0.2) is 54.6 Å². The summed E-state index contributed by atoms with van der Waals surface area (Å²) in [6, 6.07) is 15.2. The molecule has 0 spiro atoms. The molecule has 0 heterocycles. The highest BCUT2D eigenvalue weighted by Crippen LogP contribution is 2.49. The first-order valence-corrected chi connectivity index (χ1v) is 11.4. The number of carbonyl (C=O) groups is 1. The molecular weight excluding hydrogens is 438 g/mol. The fraction of sp³-hybridized carbons (Fsp3) is 0.321. The topological polar surface area (TPSA) is 55.8 Å². The van der Waals surface area contributed by atoms with E-state index >= 15 is 0 Å². The second kappa shape index (κ2) is 9.84. The molecule has 1 N–H and O–H groups in total. The van der Waals surface area contributed by atoms with E-state index in [1.807, 2.05) is 18.2 Å². The van der Waals surface area contributed by atoms with Crippen LogP contribution in [0.5, 0.6) is 11.5 Å². The minimum atomic E-state index is -0.977. The lowest BCUT2D eigenvalue weighted by atomic mass is 9.90. The van der Waals surface area contributed by atoms with Gasteiger partial charge in [0.2, 0.25) is 0 Å². The lowest BCUT2D eigenvalue weighted by Gasteiger charge is -2.17. The summed E-state index contributed by atoms with van der Waals surface area (Å²) in [7, 11) is 1.55. The molecule has 0 bridgehead atoms. The number of aliphatic carboxylic acids is 1. The number of carboxylic acid groups (broad SMARTS) is 1. The van der Waals surface area contributed by atoms with Crippen LogP contribution in [-0.2, 0) is 24.2 Å². The van der Waals surface area contributed by atoms with Gasteiger partial charge in [-0.25, -0.2) is 8.78 Å². The van der Waals surface area contributed by atoms with Crippen molar-refractivity contribution in [1.82, 2.24) is 0 Å². The second-order valence-corrected chi connectivity index (χ2v) is 9.24. The van der Waals surface area contributed by atoms with E-state index in [1.165, 1.54) is 12.1 Å². The number of ether oxygens (including phenoxy) is 2. The van der Waals surface area contributed by atoms with E-state index in [9.17, 15) is 13.6 Å². The Kier molecular flexibility index (Phi) is 6.87. The van der Waals surface area contributed by atoms with Gasteiger partial charge in [-0.1, -0.05) is 37.3 Å². The van der Waals surface area contributed by atoms with E-state index < -0.39 is 11.8 Å². The highest BCUT2D eigenvalue weighted by Gasteiger charge is 2.37. The van der Waals surface area contributed by atoms with Gasteiger partial charge >= 0.3 is 5.97 Å². The molecule has 3 aromatic carbocycles. The zero-order valence-electron chi connectivity index (χ0n) is 19.4. The highest BCUT2D eigenvalue weighted by atomic mass is 19.1. The van der Waals surface area contributed by atoms with E-state index in [0.29, 0.717) is 16.9 Å². The van der Waals surface area contributed by atoms with E-state index in [4.69, 9.17) is 14.6 Å². The minimum Gasteiger partial charge on any atom is -0.497 e. The number of benzene rings is 3. The monoisotopic (exact) mass is 466 g/mol. The van der Waals surface area contributed by atoms with Crippen molar-refractivity contribution in [1.29, 1.82) is 0 Å². The molecule has 178 valence electrons. The Bertz CT molecular complexity index is 1200. The van der Waals surface area contributed by atoms with Gasteiger partial charge in [0.05, 0.1) is 7.11 Å². The first-order chi connectivity index (χ1) is 16.3. The van der Waals surface area contributed by atoms with Gasteiger partial charge in [-0.05, 0) is 77.6 Å². The van der Waals surface area contributed by atoms with E-state index in [1.54, 1.807) is 31.4 Å². The zero-order chi connectivity index (χ0) is 24.3. The van der Waals surface area contributed by atoms with Crippen molar-refractivity contribution in [3.63, 3.8) is 0 Å². The van der Waals surface area contributed by atoms with E-state index in [-0.39, 0.29) is 36.4 Å². The lowest BCUT2D eigenvalue weighted by molar-refractivity contribution is -0.136. The SMILES string of the molecule is COc1ccc(F)c(-c2ccc(COc3cccc(CCC(=O)O)c3F)cc2CC2(C)CC2)c1. The van der Waals surface area contributed by atoms with Gasteiger partial charge in [0.1, 0.15) is 18.2 Å². The predicted octanol–water partition coefficient (Wildman–Crippen LogP) is 6.58. The summed E-state index contributed by atoms with van der Waals surface area (Å²) in [6.07, 6.45) is 3.02. The molecule has 1 fully saturated rings. The number of halogens is 2. The smallest absolute Gasteiger partial charge is 0.303 e. The Morgan fingerprint density at radius 3 is 2.53 bits per heavy atom. The molecule has 1 aliphatic rings. The molecule has 1 saturated carbocycles. The van der Waals surface area contributed by atoms with Crippen LogP contribution >= 0.6 is 0 Å². The van der Waals surface area contributed by atoms with Crippen LogP contribution in [-0.4, -0.2) is 18.2 Å². The first-order valence-electron chi connectivity index (χ1n) is 11.4. The fourth-order valence-electron chi connectivity index (χ4n) is 4.10. The summed E-state index contributed by atoms with van der Waals surface area (Å²) < 4.78 is 40.5. The lowest BCUT2D eigenvalue weighted by Crippen LogP contribution is -2.05. The van der Waals surface area contributed by atoms with Gasteiger partial charge in [-0.3, -0.25) is 4.79 Å². The highest BCUT2D eigenvalue weighted by molar-refractivity contribution is 5.70. The molecule has 6 heteroatoms. The third-order valence-electron chi connectivity index (χ3n) is 6.40. The van der Waals surface area contributed by atoms with Crippen molar-refractivity contribution in [2.75, 3.05) is 7.11 Å². The van der Waals surface area contributed by atoms with Crippen molar-refractivity contribution in [2.45, 2.75) is 45.6 Å². The number of hydrogen-bond donors (Lipinski definition) is 1. The molecule has 3 aromatic rings. The molecule has 4 rings (SSSR count). The van der Waals surface area contributed by atoms with Gasteiger partial charge in [-0.15, -0.1) is 0 Å². The van der Waals surface area contributed by atoms with Gasteiger partial charge in [0, 0.05) is 12.0 Å². The van der Waals surface area contributed by atoms with Crippen LogP contribution in [0.25, 0.3) is 11.1 Å². The van der Waals surface area contributed by atoms with Crippen LogP contribution in [0.1, 0.15) is 42.9 Å². The molecule has 0 radical (unpaired) electrons. The standard InChI is InChI=1S/C28H28F2O4/c1-28(12-13-28)16-20-14-18(6-9-22(20)23-15-21(33-2)8-10-24(23)29)17-34-25-5-3-4-19(27(25)30)7-11-26(31)32/h3-6,8-10,14-15H,7,11-13,16-17H2,1-2H3,(H,31,32). The van der Waals surface area contributed by atoms with Crippen molar-refractivity contribution >= 4 is 5.97 Å². The Balaban J connectivity index is 1.59. The molecular formula is C28H28F2O4. The largest absolute Gasteiger partial charge is 0.497 e. The predicted molar refractivity (Wildman–Crippen MR) is 126 cm³/mol. The van der Waals surface area contributed by atoms with Crippen molar-refractivity contribution in [3.05, 3.63) is 82.9 Å². The average Bonchev–Trinajstić information content (AvgIpc) is 3.54. The van der Waals surface area contributed by atoms with Crippen molar-refractivity contribution in [3.8, 4) is 22.6 Å². The molecule has 1 aliphatic carbocycles. The normalized spacial score (nSPS) is 14.0. The fourth-order valence-corrected chi connectivity index (χ4v) is 4.10. The van der Waals surface area contributed by atoms with Gasteiger partial charge in [0.25, 0.3) is 0 Å². The summed E-state index contributed by atoms with van der Waals surface area (Å²) in [4.78, 5) is 10.8. The first kappa shape index (κ1) is 23.7. The van der Waals surface area contributed by atoms with Crippen LogP contribution < -0.4 is 9.47 Å². The van der Waals surface area contributed by atoms with E-state index in [2.05, 4.69) is 6.92 Å². The third-order valence-corrected chi connectivity index (χ3v) is 6.40. The van der Waals surface area contributed by atoms with Crippen LogP contribution in [0.2, 0.25) is 0 Å². The molecule has 0 aromatic heterocycles. The summed E-state index contributed by atoms with van der Waals surface area (Å²) in [6.45, 7) is 2.36. The second-order valence-electron chi connectivity index (χ2n) is 9.24. The maximum absolute atomic E-state index is 14.8. The van der Waals surface area contributed by atoms with Crippen molar-refractivity contribution in [2.24, 2.45) is 5.41 Å². The summed E-state index contributed by atoms with van der Waals surface area (Å²) in [5.74, 6) is -1.15. The van der Waals surface area contributed by atoms with Crippen LogP contribution in [0.4, 0.5) is 8.78 Å². The van der Waals surface area contributed by atoms with Gasteiger partial charge in [0.15, 0.2) is 11.6 Å². The Morgan fingerprint density at radius 2 is 1.82 bits per heavy atom. The summed E-state index contributed by atoms with van der Waals surface area (Å²) >= 11 is 0. The number of hydrogen-bond acceptors (Lipinski definition) is 3. The number of carboxylic acids is 1. The van der Waals surface area contributed by atoms with Gasteiger partial charge < -0.3 is 14.6 Å². The Morgan fingerprint density at radius 1 is 1.03 bits per heavy atom. The van der Waals surface area contributed by atoms with Crippen molar-refractivity contribution < 1.29 is 28.2 Å². The molecule has 0 amide bonds. The molecule has 34 heavy (non-hydrogen) atoms. The molecule has 0 atom stereocenters. The summed E-state index contributed by atoms with van der Waals surface area (Å²) in [5, 5.41) is 8.86. The number of aryl methyl sites for hydroxylation is 1. The number of methoxy groups -OCH3 is 1. The summed E-state index contributed by atoms with van der Waals surface area (Å²) in [5.41, 5.74) is 3.68. The van der Waals surface area contributed by atoms with Gasteiger partial charge in [-0.2, -0.15) is 0 Å². The molecule has 0 saturated heterocycles. The zero-order valence-corrected chi connectivity index (χ0v) is 19.4. The Hall–Kier alpha value is -3.41. The van der Waals surface area contributed by atoms with E-state index in [0.717, 1.165) is 36.0 Å². The quantitative estimate of drug-likeness (QED) is 0.367. The Labute approximate surface area is 198 Å².